The van der Waals surface area contributed by atoms with E-state index in [0.29, 0.717) is 36.9 Å². The molecule has 0 saturated carbocycles. The Balaban J connectivity index is 2.81. The molecule has 0 unspecified atom stereocenters. The maximum Gasteiger partial charge on any atom is 0.338 e. The molecule has 0 saturated heterocycles. The van der Waals surface area contributed by atoms with Crippen LogP contribution in [-0.2, 0) is 26.0 Å². The van der Waals surface area contributed by atoms with Gasteiger partial charge in [0.15, 0.2) is 0 Å². The molecular formula is C15H19BrO4. The first-order valence-corrected chi connectivity index (χ1v) is 7.75. The average molecular weight is 343 g/mol. The molecule has 1 rings (SSSR count). The van der Waals surface area contributed by atoms with E-state index < -0.39 is 0 Å². The largest absolute Gasteiger partial charge is 0.466 e. The highest BCUT2D eigenvalue weighted by Gasteiger charge is 2.13. The number of halogens is 1. The molecule has 5 heteroatoms. The van der Waals surface area contributed by atoms with Crippen LogP contribution >= 0.6 is 15.9 Å². The lowest BCUT2D eigenvalue weighted by atomic mass is 10.0. The van der Waals surface area contributed by atoms with Crippen LogP contribution in [0.25, 0.3) is 0 Å². The maximum atomic E-state index is 11.9. The summed E-state index contributed by atoms with van der Waals surface area (Å²) >= 11 is 3.35. The van der Waals surface area contributed by atoms with E-state index in [2.05, 4.69) is 15.9 Å². The fourth-order valence-corrected chi connectivity index (χ4v) is 2.26. The number of ether oxygens (including phenoxy) is 2. The minimum atomic E-state index is -0.333. The highest BCUT2D eigenvalue weighted by molar-refractivity contribution is 9.08. The van der Waals surface area contributed by atoms with Crippen LogP contribution in [0.15, 0.2) is 18.2 Å². The molecule has 0 heterocycles. The molecule has 0 aliphatic rings. The van der Waals surface area contributed by atoms with Crippen molar-refractivity contribution in [3.8, 4) is 0 Å². The van der Waals surface area contributed by atoms with Crippen molar-refractivity contribution < 1.29 is 19.1 Å². The monoisotopic (exact) mass is 342 g/mol. The predicted molar refractivity (Wildman–Crippen MR) is 80.0 cm³/mol. The van der Waals surface area contributed by atoms with E-state index in [-0.39, 0.29) is 11.9 Å². The topological polar surface area (TPSA) is 52.6 Å². The summed E-state index contributed by atoms with van der Waals surface area (Å²) in [5.74, 6) is -0.560. The first-order chi connectivity index (χ1) is 9.62. The summed E-state index contributed by atoms with van der Waals surface area (Å²) in [6, 6.07) is 5.58. The van der Waals surface area contributed by atoms with Gasteiger partial charge in [0.05, 0.1) is 18.8 Å². The molecule has 20 heavy (non-hydrogen) atoms. The molecule has 0 aliphatic carbocycles. The van der Waals surface area contributed by atoms with E-state index in [1.807, 2.05) is 12.1 Å². The second-order valence-electron chi connectivity index (χ2n) is 4.15. The second-order valence-corrected chi connectivity index (χ2v) is 4.71. The van der Waals surface area contributed by atoms with E-state index in [4.69, 9.17) is 9.47 Å². The van der Waals surface area contributed by atoms with Gasteiger partial charge in [-0.25, -0.2) is 4.79 Å². The fourth-order valence-electron chi connectivity index (χ4n) is 1.77. The molecule has 0 radical (unpaired) electrons. The molecule has 0 atom stereocenters. The Kier molecular flexibility index (Phi) is 7.30. The molecule has 0 N–H and O–H groups in total. The molecule has 0 fully saturated rings. The smallest absolute Gasteiger partial charge is 0.338 e. The first kappa shape index (κ1) is 16.7. The number of esters is 2. The Morgan fingerprint density at radius 2 is 1.85 bits per heavy atom. The summed E-state index contributed by atoms with van der Waals surface area (Å²) in [5, 5.41) is 0.583. The molecular weight excluding hydrogens is 324 g/mol. The van der Waals surface area contributed by atoms with E-state index in [0.717, 1.165) is 11.1 Å². The normalized spacial score (nSPS) is 10.2. The summed E-state index contributed by atoms with van der Waals surface area (Å²) < 4.78 is 9.92. The van der Waals surface area contributed by atoms with Crippen LogP contribution in [0.4, 0.5) is 0 Å². The van der Waals surface area contributed by atoms with E-state index in [1.54, 1.807) is 19.9 Å². The highest BCUT2D eigenvalue weighted by atomic mass is 79.9. The van der Waals surface area contributed by atoms with Crippen LogP contribution in [0.3, 0.4) is 0 Å². The Bertz CT molecular complexity index is 471. The minimum absolute atomic E-state index is 0.227. The van der Waals surface area contributed by atoms with Crippen molar-refractivity contribution in [1.29, 1.82) is 0 Å². The van der Waals surface area contributed by atoms with E-state index in [1.165, 1.54) is 0 Å². The quantitative estimate of drug-likeness (QED) is 0.563. The summed E-state index contributed by atoms with van der Waals surface area (Å²) in [5.41, 5.74) is 2.35. The Morgan fingerprint density at radius 3 is 2.45 bits per heavy atom. The zero-order chi connectivity index (χ0) is 15.0. The molecule has 0 bridgehead atoms. The van der Waals surface area contributed by atoms with Crippen LogP contribution in [0.2, 0.25) is 0 Å². The summed E-state index contributed by atoms with van der Waals surface area (Å²) in [6.07, 6.45) is 0.859. The number of alkyl halides is 1. The summed E-state index contributed by atoms with van der Waals surface area (Å²) in [7, 11) is 0. The average Bonchev–Trinajstić information content (AvgIpc) is 2.45. The van der Waals surface area contributed by atoms with Crippen molar-refractivity contribution in [3.05, 3.63) is 34.9 Å². The van der Waals surface area contributed by atoms with Gasteiger partial charge in [-0.2, -0.15) is 0 Å². The number of carbonyl (C=O) groups excluding carboxylic acids is 2. The van der Waals surface area contributed by atoms with Gasteiger partial charge in [-0.1, -0.05) is 28.1 Å². The van der Waals surface area contributed by atoms with Gasteiger partial charge < -0.3 is 9.47 Å². The van der Waals surface area contributed by atoms with Crippen LogP contribution in [0, 0.1) is 0 Å². The maximum absolute atomic E-state index is 11.9. The highest BCUT2D eigenvalue weighted by Crippen LogP contribution is 2.17. The summed E-state index contributed by atoms with van der Waals surface area (Å²) in [6.45, 7) is 4.28. The van der Waals surface area contributed by atoms with Gasteiger partial charge in [0.25, 0.3) is 0 Å². The van der Waals surface area contributed by atoms with Crippen molar-refractivity contribution in [1.82, 2.24) is 0 Å². The number of benzene rings is 1. The molecule has 0 amide bonds. The van der Waals surface area contributed by atoms with Crippen molar-refractivity contribution in [2.75, 3.05) is 13.2 Å². The predicted octanol–water partition coefficient (Wildman–Crippen LogP) is 3.25. The lowest BCUT2D eigenvalue weighted by Crippen LogP contribution is -2.09. The fraction of sp³-hybridized carbons (Fsp3) is 0.467. The molecule has 1 aromatic carbocycles. The molecule has 110 valence electrons. The molecule has 4 nitrogen and oxygen atoms in total. The standard InChI is InChI=1S/C15H19BrO4/c1-3-19-14(17)8-6-11-5-7-12(10-16)13(9-11)15(18)20-4-2/h5,7,9H,3-4,6,8,10H2,1-2H3. The van der Waals surface area contributed by atoms with Crippen molar-refractivity contribution in [3.63, 3.8) is 0 Å². The van der Waals surface area contributed by atoms with Crippen molar-refractivity contribution in [2.24, 2.45) is 0 Å². The lowest BCUT2D eigenvalue weighted by Gasteiger charge is -2.09. The Labute approximate surface area is 127 Å². The molecule has 0 aliphatic heterocycles. The first-order valence-electron chi connectivity index (χ1n) is 6.62. The summed E-state index contributed by atoms with van der Waals surface area (Å²) in [4.78, 5) is 23.2. The van der Waals surface area contributed by atoms with Gasteiger partial charge in [0, 0.05) is 11.8 Å². The van der Waals surface area contributed by atoms with Gasteiger partial charge in [-0.15, -0.1) is 0 Å². The van der Waals surface area contributed by atoms with Gasteiger partial charge in [-0.3, -0.25) is 4.79 Å². The Morgan fingerprint density at radius 1 is 1.15 bits per heavy atom. The van der Waals surface area contributed by atoms with E-state index >= 15 is 0 Å². The number of hydrogen-bond acceptors (Lipinski definition) is 4. The molecule has 0 aromatic heterocycles. The zero-order valence-electron chi connectivity index (χ0n) is 11.8. The van der Waals surface area contributed by atoms with Crippen LogP contribution in [0.1, 0.15) is 41.8 Å². The number of carbonyl (C=O) groups is 2. The zero-order valence-corrected chi connectivity index (χ0v) is 13.4. The molecule has 0 spiro atoms. The van der Waals surface area contributed by atoms with Crippen molar-refractivity contribution in [2.45, 2.75) is 32.0 Å². The second kappa shape index (κ2) is 8.74. The van der Waals surface area contributed by atoms with Gasteiger partial charge in [0.2, 0.25) is 0 Å². The van der Waals surface area contributed by atoms with Gasteiger partial charge in [-0.05, 0) is 37.5 Å². The van der Waals surface area contributed by atoms with Crippen LogP contribution in [0.5, 0.6) is 0 Å². The third-order valence-corrected chi connectivity index (χ3v) is 3.34. The van der Waals surface area contributed by atoms with Crippen LogP contribution < -0.4 is 0 Å². The SMILES string of the molecule is CCOC(=O)CCc1ccc(CBr)c(C(=O)OCC)c1. The van der Waals surface area contributed by atoms with Crippen molar-refractivity contribution >= 4 is 27.9 Å². The third-order valence-electron chi connectivity index (χ3n) is 2.74. The number of aryl methyl sites for hydroxylation is 1. The minimum Gasteiger partial charge on any atom is -0.466 e. The lowest BCUT2D eigenvalue weighted by molar-refractivity contribution is -0.143. The number of rotatable bonds is 7. The Hall–Kier alpha value is -1.36. The molecule has 1 aromatic rings. The van der Waals surface area contributed by atoms with Crippen LogP contribution in [-0.4, -0.2) is 25.2 Å². The number of hydrogen-bond donors (Lipinski definition) is 0. The van der Waals surface area contributed by atoms with Gasteiger partial charge in [0.1, 0.15) is 0 Å². The van der Waals surface area contributed by atoms with Gasteiger partial charge >= 0.3 is 11.9 Å². The third kappa shape index (κ3) is 4.96. The van der Waals surface area contributed by atoms with E-state index in [9.17, 15) is 9.59 Å².